The first-order valence-corrected chi connectivity index (χ1v) is 10.3. The molecule has 0 aliphatic carbocycles. The van der Waals surface area contributed by atoms with E-state index < -0.39 is 0 Å². The van der Waals surface area contributed by atoms with Crippen molar-refractivity contribution in [1.82, 2.24) is 5.01 Å². The molecule has 1 aliphatic rings. The SMILES string of the molecule is COc1ccc(C2=NN(C(=O)c3ccc(Br)o3)[C@@H](c3ccccc3Cl)C2)cc1OC. The number of benzene rings is 2. The number of hydrogen-bond acceptors (Lipinski definition) is 5. The number of furan rings is 1. The fraction of sp³-hybridized carbons (Fsp3) is 0.182. The summed E-state index contributed by atoms with van der Waals surface area (Å²) in [4.78, 5) is 13.2. The molecule has 154 valence electrons. The van der Waals surface area contributed by atoms with Crippen molar-refractivity contribution >= 4 is 39.1 Å². The van der Waals surface area contributed by atoms with Gasteiger partial charge in [-0.2, -0.15) is 5.10 Å². The van der Waals surface area contributed by atoms with E-state index in [-0.39, 0.29) is 17.7 Å². The number of amides is 1. The minimum absolute atomic E-state index is 0.191. The molecule has 0 radical (unpaired) electrons. The van der Waals surface area contributed by atoms with Gasteiger partial charge in [0.2, 0.25) is 0 Å². The quantitative estimate of drug-likeness (QED) is 0.461. The van der Waals surface area contributed by atoms with Crippen molar-refractivity contribution in [3.8, 4) is 11.5 Å². The van der Waals surface area contributed by atoms with Gasteiger partial charge in [-0.25, -0.2) is 5.01 Å². The number of methoxy groups -OCH3 is 2. The zero-order valence-corrected chi connectivity index (χ0v) is 18.6. The first kappa shape index (κ1) is 20.5. The predicted octanol–water partition coefficient (Wildman–Crippen LogP) is 5.70. The summed E-state index contributed by atoms with van der Waals surface area (Å²) < 4.78 is 16.7. The molecule has 4 rings (SSSR count). The van der Waals surface area contributed by atoms with E-state index in [2.05, 4.69) is 21.0 Å². The van der Waals surface area contributed by atoms with Crippen molar-refractivity contribution < 1.29 is 18.7 Å². The van der Waals surface area contributed by atoms with Crippen molar-refractivity contribution in [2.24, 2.45) is 5.10 Å². The fourth-order valence-corrected chi connectivity index (χ4v) is 3.99. The van der Waals surface area contributed by atoms with Crippen molar-refractivity contribution in [2.45, 2.75) is 12.5 Å². The Labute approximate surface area is 187 Å². The molecule has 30 heavy (non-hydrogen) atoms. The molecule has 2 heterocycles. The largest absolute Gasteiger partial charge is 0.493 e. The molecule has 0 bridgehead atoms. The highest BCUT2D eigenvalue weighted by molar-refractivity contribution is 9.10. The van der Waals surface area contributed by atoms with Crippen LogP contribution in [-0.2, 0) is 0 Å². The van der Waals surface area contributed by atoms with Crippen LogP contribution in [0.2, 0.25) is 5.02 Å². The van der Waals surface area contributed by atoms with Crippen molar-refractivity contribution in [3.63, 3.8) is 0 Å². The van der Waals surface area contributed by atoms with Gasteiger partial charge in [0.25, 0.3) is 0 Å². The summed E-state index contributed by atoms with van der Waals surface area (Å²) in [5.74, 6) is 1.06. The molecular formula is C22H18BrClN2O4. The van der Waals surface area contributed by atoms with Crippen LogP contribution in [0.4, 0.5) is 0 Å². The van der Waals surface area contributed by atoms with E-state index in [0.717, 1.165) is 16.8 Å². The van der Waals surface area contributed by atoms with Gasteiger partial charge in [-0.15, -0.1) is 0 Å². The molecule has 6 nitrogen and oxygen atoms in total. The zero-order chi connectivity index (χ0) is 21.3. The third-order valence-corrected chi connectivity index (χ3v) is 5.65. The lowest BCUT2D eigenvalue weighted by atomic mass is 9.98. The molecule has 0 unspecified atom stereocenters. The third-order valence-electron chi connectivity index (χ3n) is 4.88. The minimum atomic E-state index is -0.363. The Morgan fingerprint density at radius 1 is 1.13 bits per heavy atom. The molecule has 1 aromatic heterocycles. The summed E-state index contributed by atoms with van der Waals surface area (Å²) in [7, 11) is 3.16. The lowest BCUT2D eigenvalue weighted by Gasteiger charge is -2.22. The maximum atomic E-state index is 13.2. The van der Waals surface area contributed by atoms with Crippen LogP contribution in [0.15, 0.2) is 68.8 Å². The summed E-state index contributed by atoms with van der Waals surface area (Å²) in [6.45, 7) is 0. The topological polar surface area (TPSA) is 64.3 Å². The van der Waals surface area contributed by atoms with Gasteiger partial charge in [0, 0.05) is 17.0 Å². The van der Waals surface area contributed by atoms with E-state index >= 15 is 0 Å². The normalized spacial score (nSPS) is 15.8. The highest BCUT2D eigenvalue weighted by atomic mass is 79.9. The van der Waals surface area contributed by atoms with Gasteiger partial charge in [-0.3, -0.25) is 4.79 Å². The summed E-state index contributed by atoms with van der Waals surface area (Å²) in [5.41, 5.74) is 2.39. The van der Waals surface area contributed by atoms with Crippen LogP contribution in [0, 0.1) is 0 Å². The Morgan fingerprint density at radius 3 is 2.57 bits per heavy atom. The second-order valence-corrected chi connectivity index (χ2v) is 7.80. The number of hydrogen-bond donors (Lipinski definition) is 0. The summed E-state index contributed by atoms with van der Waals surface area (Å²) in [6, 6.07) is 15.9. The van der Waals surface area contributed by atoms with Crippen LogP contribution in [0.3, 0.4) is 0 Å². The molecule has 0 spiro atoms. The van der Waals surface area contributed by atoms with E-state index in [1.54, 1.807) is 32.4 Å². The maximum absolute atomic E-state index is 13.2. The van der Waals surface area contributed by atoms with Crippen LogP contribution in [0.1, 0.15) is 34.1 Å². The summed E-state index contributed by atoms with van der Waals surface area (Å²) >= 11 is 9.69. The van der Waals surface area contributed by atoms with Crippen molar-refractivity contribution in [1.29, 1.82) is 0 Å². The van der Waals surface area contributed by atoms with Gasteiger partial charge in [0.15, 0.2) is 21.9 Å². The van der Waals surface area contributed by atoms with E-state index in [1.807, 2.05) is 36.4 Å². The van der Waals surface area contributed by atoms with Gasteiger partial charge in [0.1, 0.15) is 0 Å². The maximum Gasteiger partial charge on any atom is 0.310 e. The molecule has 1 atom stereocenters. The molecule has 0 fully saturated rings. The van der Waals surface area contributed by atoms with Crippen LogP contribution in [0.25, 0.3) is 0 Å². The van der Waals surface area contributed by atoms with E-state index in [9.17, 15) is 4.79 Å². The van der Waals surface area contributed by atoms with Gasteiger partial charge >= 0.3 is 5.91 Å². The highest BCUT2D eigenvalue weighted by Gasteiger charge is 2.36. The molecule has 3 aromatic rings. The fourth-order valence-electron chi connectivity index (χ4n) is 3.42. The zero-order valence-electron chi connectivity index (χ0n) is 16.3. The number of carbonyl (C=O) groups is 1. The Hall–Kier alpha value is -2.77. The lowest BCUT2D eigenvalue weighted by molar-refractivity contribution is 0.0677. The van der Waals surface area contributed by atoms with Gasteiger partial charge in [-0.05, 0) is 57.9 Å². The lowest BCUT2D eigenvalue weighted by Crippen LogP contribution is -2.27. The van der Waals surface area contributed by atoms with E-state index in [1.165, 1.54) is 5.01 Å². The molecular weight excluding hydrogens is 472 g/mol. The monoisotopic (exact) mass is 488 g/mol. The van der Waals surface area contributed by atoms with Crippen molar-refractivity contribution in [3.05, 3.63) is 81.2 Å². The first-order chi connectivity index (χ1) is 14.5. The van der Waals surface area contributed by atoms with E-state index in [0.29, 0.717) is 27.6 Å². The van der Waals surface area contributed by atoms with Crippen LogP contribution in [-0.4, -0.2) is 30.8 Å². The molecule has 0 N–H and O–H groups in total. The number of hydrazone groups is 1. The first-order valence-electron chi connectivity index (χ1n) is 9.15. The average molecular weight is 490 g/mol. The molecule has 0 saturated carbocycles. The third kappa shape index (κ3) is 3.82. The average Bonchev–Trinajstić information content (AvgIpc) is 3.40. The summed E-state index contributed by atoms with van der Waals surface area (Å²) in [6.07, 6.45) is 0.493. The second-order valence-electron chi connectivity index (χ2n) is 6.61. The molecule has 1 aliphatic heterocycles. The number of carbonyl (C=O) groups excluding carboxylic acids is 1. The van der Waals surface area contributed by atoms with Gasteiger partial charge in [-0.1, -0.05) is 29.8 Å². The van der Waals surface area contributed by atoms with Gasteiger partial charge in [0.05, 0.1) is 26.0 Å². The van der Waals surface area contributed by atoms with Crippen molar-refractivity contribution in [2.75, 3.05) is 14.2 Å². The minimum Gasteiger partial charge on any atom is -0.493 e. The molecule has 2 aromatic carbocycles. The number of nitrogens with zero attached hydrogens (tertiary/aromatic N) is 2. The van der Waals surface area contributed by atoms with Crippen LogP contribution in [0.5, 0.6) is 11.5 Å². The summed E-state index contributed by atoms with van der Waals surface area (Å²) in [5, 5.41) is 6.65. The molecule has 1 amide bonds. The molecule has 0 saturated heterocycles. The number of halogens is 2. The molecule has 8 heteroatoms. The number of rotatable bonds is 5. The van der Waals surface area contributed by atoms with E-state index in [4.69, 9.17) is 25.5 Å². The van der Waals surface area contributed by atoms with Gasteiger partial charge < -0.3 is 13.9 Å². The Kier molecular flexibility index (Phi) is 5.83. The van der Waals surface area contributed by atoms with Crippen LogP contribution >= 0.6 is 27.5 Å². The van der Waals surface area contributed by atoms with Crippen LogP contribution < -0.4 is 9.47 Å². The smallest absolute Gasteiger partial charge is 0.310 e. The standard InChI is InChI=1S/C22H18BrClN2O4/c1-28-18-8-7-13(11-20(18)29-2)16-12-17(14-5-3-4-6-15(14)24)26(25-16)22(27)19-9-10-21(23)30-19/h3-11,17H,12H2,1-2H3/t17-/m1/s1. The Morgan fingerprint density at radius 2 is 1.90 bits per heavy atom. The highest BCUT2D eigenvalue weighted by Crippen LogP contribution is 2.38. The second kappa shape index (κ2) is 8.53. The predicted molar refractivity (Wildman–Crippen MR) is 117 cm³/mol. The Bertz CT molecular complexity index is 1130. The number of ether oxygens (including phenoxy) is 2. The Balaban J connectivity index is 1.76.